The van der Waals surface area contributed by atoms with Crippen molar-refractivity contribution in [3.8, 4) is 0 Å². The maximum absolute atomic E-state index is 12.0. The van der Waals surface area contributed by atoms with E-state index in [1.807, 2.05) is 6.92 Å². The minimum atomic E-state index is -0.151. The SMILES string of the molecule is CC(CN)CNC(=O)c1ccc(C(=O)NCC(C)(C)C)cc1. The van der Waals surface area contributed by atoms with Gasteiger partial charge in [-0.1, -0.05) is 27.7 Å². The van der Waals surface area contributed by atoms with Gasteiger partial charge < -0.3 is 16.4 Å². The summed E-state index contributed by atoms with van der Waals surface area (Å²) in [5.41, 5.74) is 6.64. The highest BCUT2D eigenvalue weighted by atomic mass is 16.2. The molecule has 0 aliphatic carbocycles. The molecule has 22 heavy (non-hydrogen) atoms. The van der Waals surface area contributed by atoms with Gasteiger partial charge >= 0.3 is 0 Å². The Labute approximate surface area is 132 Å². The zero-order chi connectivity index (χ0) is 16.8. The second-order valence-corrected chi connectivity index (χ2v) is 6.87. The van der Waals surface area contributed by atoms with Crippen LogP contribution in [0.15, 0.2) is 24.3 Å². The third-order valence-corrected chi connectivity index (χ3v) is 3.20. The molecule has 1 rings (SSSR count). The molecule has 0 saturated carbocycles. The van der Waals surface area contributed by atoms with Gasteiger partial charge in [-0.2, -0.15) is 0 Å². The standard InChI is InChI=1S/C17H27N3O2/c1-12(9-18)10-19-15(21)13-5-7-14(8-6-13)16(22)20-11-17(2,3)4/h5-8,12H,9-11,18H2,1-4H3,(H,19,21)(H,20,22). The van der Waals surface area contributed by atoms with Crippen LogP contribution in [0.1, 0.15) is 48.4 Å². The predicted octanol–water partition coefficient (Wildman–Crippen LogP) is 1.79. The van der Waals surface area contributed by atoms with E-state index in [1.165, 1.54) is 0 Å². The van der Waals surface area contributed by atoms with Crippen molar-refractivity contribution in [2.75, 3.05) is 19.6 Å². The van der Waals surface area contributed by atoms with E-state index < -0.39 is 0 Å². The molecule has 0 aliphatic rings. The van der Waals surface area contributed by atoms with Crippen molar-refractivity contribution in [2.24, 2.45) is 17.1 Å². The summed E-state index contributed by atoms with van der Waals surface area (Å²) in [6.45, 7) is 9.83. The van der Waals surface area contributed by atoms with Crippen LogP contribution >= 0.6 is 0 Å². The van der Waals surface area contributed by atoms with Gasteiger partial charge in [-0.25, -0.2) is 0 Å². The Balaban J connectivity index is 2.58. The van der Waals surface area contributed by atoms with Gasteiger partial charge in [0.2, 0.25) is 0 Å². The minimum absolute atomic E-state index is 0.0369. The van der Waals surface area contributed by atoms with E-state index in [4.69, 9.17) is 5.73 Å². The van der Waals surface area contributed by atoms with E-state index >= 15 is 0 Å². The largest absolute Gasteiger partial charge is 0.352 e. The first kappa shape index (κ1) is 18.2. The molecule has 1 aromatic carbocycles. The first-order valence-corrected chi connectivity index (χ1v) is 7.59. The third kappa shape index (κ3) is 6.26. The van der Waals surface area contributed by atoms with Crippen LogP contribution in [0.5, 0.6) is 0 Å². The molecule has 0 heterocycles. The maximum atomic E-state index is 12.0. The molecular formula is C17H27N3O2. The highest BCUT2D eigenvalue weighted by Gasteiger charge is 2.13. The monoisotopic (exact) mass is 305 g/mol. The quantitative estimate of drug-likeness (QED) is 0.749. The zero-order valence-corrected chi connectivity index (χ0v) is 13.9. The molecule has 5 nitrogen and oxygen atoms in total. The van der Waals surface area contributed by atoms with Crippen LogP contribution in [-0.2, 0) is 0 Å². The number of hydrogen-bond acceptors (Lipinski definition) is 3. The molecule has 4 N–H and O–H groups in total. The van der Waals surface area contributed by atoms with Crippen LogP contribution in [0.2, 0.25) is 0 Å². The predicted molar refractivity (Wildman–Crippen MR) is 88.8 cm³/mol. The number of hydrogen-bond donors (Lipinski definition) is 3. The van der Waals surface area contributed by atoms with Crippen molar-refractivity contribution in [1.82, 2.24) is 10.6 Å². The fourth-order valence-electron chi connectivity index (χ4n) is 1.67. The van der Waals surface area contributed by atoms with E-state index in [9.17, 15) is 9.59 Å². The Morgan fingerprint density at radius 2 is 1.50 bits per heavy atom. The molecule has 0 bridgehead atoms. The molecule has 122 valence electrons. The molecule has 1 aromatic rings. The summed E-state index contributed by atoms with van der Waals surface area (Å²) in [5, 5.41) is 5.71. The van der Waals surface area contributed by atoms with Crippen LogP contribution in [0.3, 0.4) is 0 Å². The Kier molecular flexibility index (Phi) is 6.56. The van der Waals surface area contributed by atoms with Crippen LogP contribution in [0.4, 0.5) is 0 Å². The molecule has 0 aliphatic heterocycles. The first-order valence-electron chi connectivity index (χ1n) is 7.59. The van der Waals surface area contributed by atoms with Crippen molar-refractivity contribution < 1.29 is 9.59 Å². The van der Waals surface area contributed by atoms with Crippen molar-refractivity contribution >= 4 is 11.8 Å². The van der Waals surface area contributed by atoms with Crippen LogP contribution in [-0.4, -0.2) is 31.4 Å². The lowest BCUT2D eigenvalue weighted by Crippen LogP contribution is -2.32. The van der Waals surface area contributed by atoms with E-state index in [-0.39, 0.29) is 23.1 Å². The average Bonchev–Trinajstić information content (AvgIpc) is 2.49. The van der Waals surface area contributed by atoms with Crippen molar-refractivity contribution in [3.63, 3.8) is 0 Å². The maximum Gasteiger partial charge on any atom is 0.251 e. The Morgan fingerprint density at radius 3 is 1.91 bits per heavy atom. The average molecular weight is 305 g/mol. The molecular weight excluding hydrogens is 278 g/mol. The van der Waals surface area contributed by atoms with E-state index in [1.54, 1.807) is 24.3 Å². The molecule has 1 unspecified atom stereocenters. The molecule has 2 amide bonds. The van der Waals surface area contributed by atoms with E-state index in [0.717, 1.165) is 0 Å². The molecule has 0 saturated heterocycles. The molecule has 1 atom stereocenters. The number of amides is 2. The summed E-state index contributed by atoms with van der Waals surface area (Å²) in [6.07, 6.45) is 0. The van der Waals surface area contributed by atoms with Crippen LogP contribution in [0.25, 0.3) is 0 Å². The van der Waals surface area contributed by atoms with E-state index in [0.29, 0.717) is 30.8 Å². The summed E-state index contributed by atoms with van der Waals surface area (Å²) >= 11 is 0. The second kappa shape index (κ2) is 7.94. The van der Waals surface area contributed by atoms with E-state index in [2.05, 4.69) is 31.4 Å². The minimum Gasteiger partial charge on any atom is -0.352 e. The normalized spacial score (nSPS) is 12.6. The van der Waals surface area contributed by atoms with Crippen molar-refractivity contribution in [2.45, 2.75) is 27.7 Å². The van der Waals surface area contributed by atoms with Crippen molar-refractivity contribution in [3.05, 3.63) is 35.4 Å². The van der Waals surface area contributed by atoms with Gasteiger partial charge in [0.25, 0.3) is 11.8 Å². The Hall–Kier alpha value is -1.88. The smallest absolute Gasteiger partial charge is 0.251 e. The number of rotatable bonds is 6. The summed E-state index contributed by atoms with van der Waals surface area (Å²) in [6, 6.07) is 6.65. The summed E-state index contributed by atoms with van der Waals surface area (Å²) in [5.74, 6) is -0.0352. The zero-order valence-electron chi connectivity index (χ0n) is 13.9. The summed E-state index contributed by atoms with van der Waals surface area (Å²) in [4.78, 5) is 24.0. The van der Waals surface area contributed by atoms with Gasteiger partial charge in [0.05, 0.1) is 0 Å². The molecule has 0 aromatic heterocycles. The topological polar surface area (TPSA) is 84.2 Å². The number of carbonyl (C=O) groups excluding carboxylic acids is 2. The van der Waals surface area contributed by atoms with Gasteiger partial charge in [0, 0.05) is 24.2 Å². The highest BCUT2D eigenvalue weighted by molar-refractivity contribution is 5.97. The fourth-order valence-corrected chi connectivity index (χ4v) is 1.67. The van der Waals surface area contributed by atoms with Gasteiger partial charge in [-0.15, -0.1) is 0 Å². The number of benzene rings is 1. The Bertz CT molecular complexity index is 504. The van der Waals surface area contributed by atoms with Crippen LogP contribution < -0.4 is 16.4 Å². The third-order valence-electron chi connectivity index (χ3n) is 3.20. The Morgan fingerprint density at radius 1 is 1.05 bits per heavy atom. The second-order valence-electron chi connectivity index (χ2n) is 6.87. The van der Waals surface area contributed by atoms with Gasteiger partial charge in [0.15, 0.2) is 0 Å². The molecule has 0 spiro atoms. The van der Waals surface area contributed by atoms with Crippen LogP contribution in [0, 0.1) is 11.3 Å². The van der Waals surface area contributed by atoms with Gasteiger partial charge in [0.1, 0.15) is 0 Å². The molecule has 5 heteroatoms. The lowest BCUT2D eigenvalue weighted by molar-refractivity contribution is 0.0931. The first-order chi connectivity index (χ1) is 10.2. The lowest BCUT2D eigenvalue weighted by atomic mass is 9.97. The number of nitrogens with one attached hydrogen (secondary N) is 2. The number of nitrogens with two attached hydrogens (primary N) is 1. The van der Waals surface area contributed by atoms with Gasteiger partial charge in [-0.05, 0) is 42.1 Å². The van der Waals surface area contributed by atoms with Crippen molar-refractivity contribution in [1.29, 1.82) is 0 Å². The molecule has 0 fully saturated rings. The highest BCUT2D eigenvalue weighted by Crippen LogP contribution is 2.11. The lowest BCUT2D eigenvalue weighted by Gasteiger charge is -2.18. The molecule has 0 radical (unpaired) electrons. The fraction of sp³-hybridized carbons (Fsp3) is 0.529. The summed E-state index contributed by atoms with van der Waals surface area (Å²) in [7, 11) is 0. The van der Waals surface area contributed by atoms with Gasteiger partial charge in [-0.3, -0.25) is 9.59 Å². The summed E-state index contributed by atoms with van der Waals surface area (Å²) < 4.78 is 0. The number of carbonyl (C=O) groups is 2.